The van der Waals surface area contributed by atoms with E-state index in [1.807, 2.05) is 37.3 Å². The molecule has 2 aromatic rings. The topological polar surface area (TPSA) is 54.9 Å². The number of nitrogens with zero attached hydrogens (tertiary/aromatic N) is 2. The Balaban J connectivity index is 1.87. The number of hydrogen-bond acceptors (Lipinski definition) is 6. The number of benzene rings is 1. The summed E-state index contributed by atoms with van der Waals surface area (Å²) in [5, 5.41) is 10.9. The molecule has 1 N–H and O–H groups in total. The highest BCUT2D eigenvalue weighted by molar-refractivity contribution is 8.03. The molecule has 0 radical (unpaired) electrons. The molecule has 4 nitrogen and oxygen atoms in total. The van der Waals surface area contributed by atoms with Crippen LogP contribution in [0, 0.1) is 0 Å². The molecule has 0 spiro atoms. The maximum Gasteiger partial charge on any atom is 0.237 e. The summed E-state index contributed by atoms with van der Waals surface area (Å²) in [6, 6.07) is 9.47. The maximum absolute atomic E-state index is 12.1. The SMILES string of the molecule is CCCSc1nnc(S[C@@H](C)C(=O)Nc2ccccc2)s1. The van der Waals surface area contributed by atoms with Crippen molar-refractivity contribution in [3.8, 4) is 0 Å². The van der Waals surface area contributed by atoms with E-state index in [9.17, 15) is 4.79 Å². The zero-order valence-corrected chi connectivity index (χ0v) is 14.4. The van der Waals surface area contributed by atoms with E-state index in [0.29, 0.717) is 0 Å². The van der Waals surface area contributed by atoms with Gasteiger partial charge in [0.15, 0.2) is 8.68 Å². The molecule has 21 heavy (non-hydrogen) atoms. The van der Waals surface area contributed by atoms with E-state index >= 15 is 0 Å². The van der Waals surface area contributed by atoms with Gasteiger partial charge in [-0.2, -0.15) is 0 Å². The Labute approximate surface area is 137 Å². The van der Waals surface area contributed by atoms with Crippen molar-refractivity contribution in [2.24, 2.45) is 0 Å². The number of carbonyl (C=O) groups excluding carboxylic acids is 1. The van der Waals surface area contributed by atoms with Gasteiger partial charge in [-0.25, -0.2) is 0 Å². The summed E-state index contributed by atoms with van der Waals surface area (Å²) < 4.78 is 1.80. The number of amides is 1. The van der Waals surface area contributed by atoms with Crippen molar-refractivity contribution in [1.82, 2.24) is 10.2 Å². The van der Waals surface area contributed by atoms with E-state index in [4.69, 9.17) is 0 Å². The molecule has 112 valence electrons. The van der Waals surface area contributed by atoms with E-state index in [1.165, 1.54) is 11.8 Å². The van der Waals surface area contributed by atoms with E-state index < -0.39 is 0 Å². The van der Waals surface area contributed by atoms with Crippen LogP contribution in [0.5, 0.6) is 0 Å². The molecule has 0 bridgehead atoms. The molecule has 7 heteroatoms. The van der Waals surface area contributed by atoms with Crippen molar-refractivity contribution in [1.29, 1.82) is 0 Å². The summed E-state index contributed by atoms with van der Waals surface area (Å²) >= 11 is 4.70. The molecular formula is C14H17N3OS3. The summed E-state index contributed by atoms with van der Waals surface area (Å²) in [6.07, 6.45) is 1.11. The molecule has 1 atom stereocenters. The van der Waals surface area contributed by atoms with Gasteiger partial charge in [-0.1, -0.05) is 60.0 Å². The predicted octanol–water partition coefficient (Wildman–Crippen LogP) is 4.16. The summed E-state index contributed by atoms with van der Waals surface area (Å²) in [7, 11) is 0. The molecule has 0 unspecified atom stereocenters. The summed E-state index contributed by atoms with van der Waals surface area (Å²) in [6.45, 7) is 4.02. The van der Waals surface area contributed by atoms with Gasteiger partial charge in [0.05, 0.1) is 5.25 Å². The highest BCUT2D eigenvalue weighted by Crippen LogP contribution is 2.31. The molecule has 1 heterocycles. The molecular weight excluding hydrogens is 322 g/mol. The Kier molecular flexibility index (Phi) is 6.53. The lowest BCUT2D eigenvalue weighted by molar-refractivity contribution is -0.115. The number of carbonyl (C=O) groups is 1. The summed E-state index contributed by atoms with van der Waals surface area (Å²) in [5.74, 6) is 1.02. The standard InChI is InChI=1S/C14H17N3OS3/c1-3-9-19-13-16-17-14(21-13)20-10(2)12(18)15-11-7-5-4-6-8-11/h4-8,10H,3,9H2,1-2H3,(H,15,18)/t10-/m0/s1. The summed E-state index contributed by atoms with van der Waals surface area (Å²) in [4.78, 5) is 12.1. The minimum absolute atomic E-state index is 0.0239. The molecule has 1 aromatic carbocycles. The second kappa shape index (κ2) is 8.41. The monoisotopic (exact) mass is 339 g/mol. The van der Waals surface area contributed by atoms with Gasteiger partial charge in [-0.3, -0.25) is 4.79 Å². The molecule has 0 fully saturated rings. The minimum Gasteiger partial charge on any atom is -0.325 e. The third kappa shape index (κ3) is 5.33. The van der Waals surface area contributed by atoms with Crippen LogP contribution in [0.4, 0.5) is 5.69 Å². The second-order valence-electron chi connectivity index (χ2n) is 4.30. The predicted molar refractivity (Wildman–Crippen MR) is 91.3 cm³/mol. The Hall–Kier alpha value is -1.05. The van der Waals surface area contributed by atoms with Crippen molar-refractivity contribution in [2.75, 3.05) is 11.1 Å². The molecule has 0 saturated heterocycles. The molecule has 0 saturated carbocycles. The quantitative estimate of drug-likeness (QED) is 0.768. The highest BCUT2D eigenvalue weighted by Gasteiger charge is 2.17. The van der Waals surface area contributed by atoms with Crippen LogP contribution < -0.4 is 5.32 Å². The van der Waals surface area contributed by atoms with Crippen molar-refractivity contribution in [3.63, 3.8) is 0 Å². The third-order valence-electron chi connectivity index (χ3n) is 2.51. The van der Waals surface area contributed by atoms with Gasteiger partial charge >= 0.3 is 0 Å². The molecule has 2 rings (SSSR count). The van der Waals surface area contributed by atoms with E-state index in [2.05, 4.69) is 22.4 Å². The van der Waals surface area contributed by atoms with Crippen LogP contribution in [0.3, 0.4) is 0 Å². The zero-order chi connectivity index (χ0) is 15.1. The lowest BCUT2D eigenvalue weighted by Crippen LogP contribution is -2.22. The fourth-order valence-corrected chi connectivity index (χ4v) is 4.55. The maximum atomic E-state index is 12.1. The van der Waals surface area contributed by atoms with Gasteiger partial charge in [-0.15, -0.1) is 10.2 Å². The molecule has 0 aliphatic carbocycles. The van der Waals surface area contributed by atoms with Crippen LogP contribution in [-0.2, 0) is 4.79 Å². The Morgan fingerprint density at radius 1 is 1.29 bits per heavy atom. The third-order valence-corrected chi connectivity index (χ3v) is 5.95. The number of para-hydroxylation sites is 1. The first kappa shape index (κ1) is 16.3. The van der Waals surface area contributed by atoms with Gasteiger partial charge in [0.25, 0.3) is 0 Å². The first-order valence-electron chi connectivity index (χ1n) is 6.68. The van der Waals surface area contributed by atoms with Crippen LogP contribution in [0.15, 0.2) is 39.0 Å². The molecule has 1 amide bonds. The van der Waals surface area contributed by atoms with E-state index in [-0.39, 0.29) is 11.2 Å². The number of thioether (sulfide) groups is 2. The fraction of sp³-hybridized carbons (Fsp3) is 0.357. The van der Waals surface area contributed by atoms with Crippen LogP contribution in [0.1, 0.15) is 20.3 Å². The van der Waals surface area contributed by atoms with E-state index in [1.54, 1.807) is 23.1 Å². The lowest BCUT2D eigenvalue weighted by Gasteiger charge is -2.09. The molecule has 0 aliphatic heterocycles. The van der Waals surface area contributed by atoms with Crippen LogP contribution >= 0.6 is 34.9 Å². The highest BCUT2D eigenvalue weighted by atomic mass is 32.2. The lowest BCUT2D eigenvalue weighted by atomic mass is 10.3. The zero-order valence-electron chi connectivity index (χ0n) is 11.9. The van der Waals surface area contributed by atoms with Crippen molar-refractivity contribution in [3.05, 3.63) is 30.3 Å². The van der Waals surface area contributed by atoms with Crippen LogP contribution in [0.25, 0.3) is 0 Å². The largest absolute Gasteiger partial charge is 0.325 e. The number of rotatable bonds is 7. The first-order valence-corrected chi connectivity index (χ1v) is 9.36. The number of anilines is 1. The Bertz CT molecular complexity index is 574. The molecule has 0 aliphatic rings. The Morgan fingerprint density at radius 2 is 2.00 bits per heavy atom. The van der Waals surface area contributed by atoms with Crippen molar-refractivity contribution < 1.29 is 4.79 Å². The summed E-state index contributed by atoms with van der Waals surface area (Å²) in [5.41, 5.74) is 0.811. The number of aromatic nitrogens is 2. The Morgan fingerprint density at radius 3 is 2.71 bits per heavy atom. The van der Waals surface area contributed by atoms with Gasteiger partial charge in [0.1, 0.15) is 0 Å². The average molecular weight is 340 g/mol. The van der Waals surface area contributed by atoms with Crippen molar-refractivity contribution >= 4 is 46.5 Å². The van der Waals surface area contributed by atoms with Gasteiger partial charge < -0.3 is 5.32 Å². The number of nitrogens with one attached hydrogen (secondary N) is 1. The normalized spacial score (nSPS) is 12.1. The second-order valence-corrected chi connectivity index (χ2v) is 8.21. The molecule has 1 aromatic heterocycles. The number of hydrogen-bond donors (Lipinski definition) is 1. The van der Waals surface area contributed by atoms with Gasteiger partial charge in [-0.05, 0) is 25.5 Å². The van der Waals surface area contributed by atoms with E-state index in [0.717, 1.165) is 26.5 Å². The van der Waals surface area contributed by atoms with Crippen LogP contribution in [0.2, 0.25) is 0 Å². The fourth-order valence-electron chi connectivity index (χ4n) is 1.46. The smallest absolute Gasteiger partial charge is 0.237 e. The first-order chi connectivity index (χ1) is 10.2. The van der Waals surface area contributed by atoms with Gasteiger partial charge in [0.2, 0.25) is 5.91 Å². The van der Waals surface area contributed by atoms with Gasteiger partial charge in [0, 0.05) is 11.4 Å². The van der Waals surface area contributed by atoms with Crippen molar-refractivity contribution in [2.45, 2.75) is 34.2 Å². The minimum atomic E-state index is -0.206. The average Bonchev–Trinajstić information content (AvgIpc) is 2.93. The van der Waals surface area contributed by atoms with Crippen LogP contribution in [-0.4, -0.2) is 27.1 Å².